The summed E-state index contributed by atoms with van der Waals surface area (Å²) in [5.74, 6) is 0.474. The standard InChI is InChI=1S/C22H37N3O/c1-8-23(9-2)21(26)24-14-15-25(22(5,6)7)20(16-24)19-13-11-10-12-18(19)17(3)4/h10-13,17,20H,8-9,14-16H2,1-7H3. The molecule has 0 aliphatic carbocycles. The van der Waals surface area contributed by atoms with E-state index < -0.39 is 0 Å². The molecule has 1 saturated heterocycles. The minimum atomic E-state index is 0.0685. The number of urea groups is 1. The topological polar surface area (TPSA) is 26.8 Å². The molecule has 1 unspecified atom stereocenters. The lowest BCUT2D eigenvalue weighted by Crippen LogP contribution is -2.58. The first kappa shape index (κ1) is 20.8. The Morgan fingerprint density at radius 1 is 1.15 bits per heavy atom. The molecule has 4 nitrogen and oxygen atoms in total. The number of rotatable bonds is 4. The second-order valence-corrected chi connectivity index (χ2v) is 8.56. The molecule has 2 amide bonds. The summed E-state index contributed by atoms with van der Waals surface area (Å²) in [6.07, 6.45) is 0. The molecular weight excluding hydrogens is 322 g/mol. The smallest absolute Gasteiger partial charge is 0.320 e. The molecular formula is C22H37N3O. The predicted molar refractivity (Wildman–Crippen MR) is 110 cm³/mol. The van der Waals surface area contributed by atoms with Crippen LogP contribution in [-0.2, 0) is 0 Å². The van der Waals surface area contributed by atoms with Gasteiger partial charge in [-0.25, -0.2) is 4.79 Å². The Balaban J connectivity index is 2.38. The molecule has 4 heteroatoms. The number of carbonyl (C=O) groups is 1. The third kappa shape index (κ3) is 4.40. The van der Waals surface area contributed by atoms with E-state index in [9.17, 15) is 4.79 Å². The van der Waals surface area contributed by atoms with Crippen molar-refractivity contribution < 1.29 is 4.79 Å². The highest BCUT2D eigenvalue weighted by molar-refractivity contribution is 5.74. The van der Waals surface area contributed by atoms with E-state index in [1.165, 1.54) is 11.1 Å². The SMILES string of the molecule is CCN(CC)C(=O)N1CCN(C(C)(C)C)C(c2ccccc2C(C)C)C1. The normalized spacial score (nSPS) is 19.1. The van der Waals surface area contributed by atoms with Gasteiger partial charge in [0.05, 0.1) is 6.04 Å². The Bertz CT molecular complexity index is 602. The van der Waals surface area contributed by atoms with Crippen molar-refractivity contribution in [2.75, 3.05) is 32.7 Å². The molecule has 0 radical (unpaired) electrons. The van der Waals surface area contributed by atoms with Crippen LogP contribution in [0.3, 0.4) is 0 Å². The van der Waals surface area contributed by atoms with E-state index >= 15 is 0 Å². The average Bonchev–Trinajstić information content (AvgIpc) is 2.61. The summed E-state index contributed by atoms with van der Waals surface area (Å²) in [6.45, 7) is 19.4. The first-order valence-electron chi connectivity index (χ1n) is 10.1. The summed E-state index contributed by atoms with van der Waals surface area (Å²) in [6, 6.07) is 9.17. The fraction of sp³-hybridized carbons (Fsp3) is 0.682. The van der Waals surface area contributed by atoms with Crippen LogP contribution in [0.1, 0.15) is 71.6 Å². The van der Waals surface area contributed by atoms with Crippen molar-refractivity contribution in [3.8, 4) is 0 Å². The second-order valence-electron chi connectivity index (χ2n) is 8.56. The monoisotopic (exact) mass is 359 g/mol. The highest BCUT2D eigenvalue weighted by Crippen LogP contribution is 2.35. The maximum atomic E-state index is 12.9. The number of piperazine rings is 1. The lowest BCUT2D eigenvalue weighted by Gasteiger charge is -2.49. The van der Waals surface area contributed by atoms with Gasteiger partial charge in [0.15, 0.2) is 0 Å². The van der Waals surface area contributed by atoms with Crippen molar-refractivity contribution in [2.45, 2.75) is 66.0 Å². The maximum absolute atomic E-state index is 12.9. The molecule has 0 bridgehead atoms. The van der Waals surface area contributed by atoms with Crippen LogP contribution in [0.4, 0.5) is 4.79 Å². The number of hydrogen-bond acceptors (Lipinski definition) is 2. The fourth-order valence-electron chi connectivity index (χ4n) is 4.06. The Morgan fingerprint density at radius 3 is 2.31 bits per heavy atom. The van der Waals surface area contributed by atoms with Crippen LogP contribution < -0.4 is 0 Å². The largest absolute Gasteiger partial charge is 0.325 e. The molecule has 1 aliphatic heterocycles. The van der Waals surface area contributed by atoms with Gasteiger partial charge in [-0.05, 0) is 51.7 Å². The number of hydrogen-bond donors (Lipinski definition) is 0. The van der Waals surface area contributed by atoms with E-state index in [0.29, 0.717) is 5.92 Å². The fourth-order valence-corrected chi connectivity index (χ4v) is 4.06. The third-order valence-corrected chi connectivity index (χ3v) is 5.52. The van der Waals surface area contributed by atoms with Crippen LogP contribution in [-0.4, -0.2) is 59.0 Å². The second kappa shape index (κ2) is 8.43. The molecule has 1 aromatic carbocycles. The van der Waals surface area contributed by atoms with Gasteiger partial charge < -0.3 is 9.80 Å². The van der Waals surface area contributed by atoms with E-state index in [0.717, 1.165) is 32.7 Å². The highest BCUT2D eigenvalue weighted by Gasteiger charge is 2.38. The Morgan fingerprint density at radius 2 is 1.77 bits per heavy atom. The van der Waals surface area contributed by atoms with Crippen molar-refractivity contribution in [1.29, 1.82) is 0 Å². The summed E-state index contributed by atoms with van der Waals surface area (Å²) in [7, 11) is 0. The maximum Gasteiger partial charge on any atom is 0.320 e. The van der Waals surface area contributed by atoms with Crippen LogP contribution >= 0.6 is 0 Å². The molecule has 1 atom stereocenters. The molecule has 0 aromatic heterocycles. The van der Waals surface area contributed by atoms with Crippen LogP contribution in [0.25, 0.3) is 0 Å². The van der Waals surface area contributed by atoms with Gasteiger partial charge in [0.1, 0.15) is 0 Å². The minimum Gasteiger partial charge on any atom is -0.325 e. The minimum absolute atomic E-state index is 0.0685. The molecule has 1 aromatic rings. The molecule has 0 N–H and O–H groups in total. The molecule has 0 spiro atoms. The van der Waals surface area contributed by atoms with Crippen molar-refractivity contribution in [3.05, 3.63) is 35.4 Å². The van der Waals surface area contributed by atoms with Gasteiger partial charge >= 0.3 is 6.03 Å². The number of amides is 2. The van der Waals surface area contributed by atoms with E-state index in [1.807, 2.05) is 4.90 Å². The predicted octanol–water partition coefficient (Wildman–Crippen LogP) is 4.73. The van der Waals surface area contributed by atoms with Crippen LogP contribution in [0.15, 0.2) is 24.3 Å². The molecule has 1 fully saturated rings. The molecule has 2 rings (SSSR count). The zero-order valence-corrected chi connectivity index (χ0v) is 17.7. The van der Waals surface area contributed by atoms with E-state index in [4.69, 9.17) is 0 Å². The van der Waals surface area contributed by atoms with Gasteiger partial charge in [-0.3, -0.25) is 4.90 Å². The first-order valence-corrected chi connectivity index (χ1v) is 10.1. The average molecular weight is 360 g/mol. The van der Waals surface area contributed by atoms with Crippen LogP contribution in [0.2, 0.25) is 0 Å². The highest BCUT2D eigenvalue weighted by atomic mass is 16.2. The summed E-state index contributed by atoms with van der Waals surface area (Å²) in [5, 5.41) is 0. The lowest BCUT2D eigenvalue weighted by atomic mass is 9.88. The first-order chi connectivity index (χ1) is 12.2. The molecule has 26 heavy (non-hydrogen) atoms. The quantitative estimate of drug-likeness (QED) is 0.777. The van der Waals surface area contributed by atoms with E-state index in [-0.39, 0.29) is 17.6 Å². The third-order valence-electron chi connectivity index (χ3n) is 5.52. The summed E-state index contributed by atoms with van der Waals surface area (Å²) in [5.41, 5.74) is 2.83. The Hall–Kier alpha value is -1.55. The van der Waals surface area contributed by atoms with Crippen molar-refractivity contribution in [2.24, 2.45) is 0 Å². The Labute approximate surface area is 160 Å². The van der Waals surface area contributed by atoms with Crippen LogP contribution in [0.5, 0.6) is 0 Å². The van der Waals surface area contributed by atoms with Gasteiger partial charge in [0.2, 0.25) is 0 Å². The lowest BCUT2D eigenvalue weighted by molar-refractivity contribution is 0.0156. The molecule has 0 saturated carbocycles. The molecule has 1 heterocycles. The number of benzene rings is 1. The zero-order chi connectivity index (χ0) is 19.5. The zero-order valence-electron chi connectivity index (χ0n) is 17.7. The summed E-state index contributed by atoms with van der Waals surface area (Å²) < 4.78 is 0. The number of nitrogens with zero attached hydrogens (tertiary/aromatic N) is 3. The van der Waals surface area contributed by atoms with Crippen LogP contribution in [0, 0.1) is 0 Å². The number of carbonyl (C=O) groups excluding carboxylic acids is 1. The molecule has 1 aliphatic rings. The van der Waals surface area contributed by atoms with Crippen molar-refractivity contribution >= 4 is 6.03 Å². The van der Waals surface area contributed by atoms with Crippen molar-refractivity contribution in [3.63, 3.8) is 0 Å². The summed E-state index contributed by atoms with van der Waals surface area (Å²) in [4.78, 5) is 19.5. The van der Waals surface area contributed by atoms with Gasteiger partial charge in [-0.15, -0.1) is 0 Å². The van der Waals surface area contributed by atoms with Gasteiger partial charge in [0, 0.05) is 38.3 Å². The van der Waals surface area contributed by atoms with Gasteiger partial charge in [0.25, 0.3) is 0 Å². The summed E-state index contributed by atoms with van der Waals surface area (Å²) >= 11 is 0. The van der Waals surface area contributed by atoms with Gasteiger partial charge in [-0.2, -0.15) is 0 Å². The Kier molecular flexibility index (Phi) is 6.73. The van der Waals surface area contributed by atoms with Crippen molar-refractivity contribution in [1.82, 2.24) is 14.7 Å². The van der Waals surface area contributed by atoms with E-state index in [1.54, 1.807) is 0 Å². The van der Waals surface area contributed by atoms with Gasteiger partial charge in [-0.1, -0.05) is 38.1 Å². The van der Waals surface area contributed by atoms with E-state index in [2.05, 4.69) is 82.5 Å². The molecule has 146 valence electrons.